The van der Waals surface area contributed by atoms with Crippen molar-refractivity contribution in [3.8, 4) is 5.75 Å². The molecule has 1 aromatic carbocycles. The van der Waals surface area contributed by atoms with Gasteiger partial charge in [-0.1, -0.05) is 39.3 Å². The third kappa shape index (κ3) is 3.79. The van der Waals surface area contributed by atoms with Gasteiger partial charge in [0.05, 0.1) is 0 Å². The molecule has 21 heavy (non-hydrogen) atoms. The number of benzene rings is 1. The van der Waals surface area contributed by atoms with Crippen LogP contribution in [-0.4, -0.2) is 12.1 Å². The van der Waals surface area contributed by atoms with E-state index in [1.165, 1.54) is 24.0 Å². The van der Waals surface area contributed by atoms with Crippen molar-refractivity contribution in [3.05, 3.63) is 29.3 Å². The summed E-state index contributed by atoms with van der Waals surface area (Å²) in [7, 11) is 0. The minimum Gasteiger partial charge on any atom is -0.489 e. The van der Waals surface area contributed by atoms with Gasteiger partial charge in [-0.25, -0.2) is 0 Å². The number of aryl methyl sites for hydroxylation is 2. The van der Waals surface area contributed by atoms with E-state index in [4.69, 9.17) is 10.5 Å². The number of hydrogen-bond acceptors (Lipinski definition) is 2. The molecule has 1 aromatic rings. The molecule has 1 aliphatic carbocycles. The van der Waals surface area contributed by atoms with Crippen molar-refractivity contribution in [2.45, 2.75) is 72.4 Å². The molecule has 1 aliphatic rings. The van der Waals surface area contributed by atoms with Gasteiger partial charge < -0.3 is 10.5 Å². The van der Waals surface area contributed by atoms with E-state index >= 15 is 0 Å². The van der Waals surface area contributed by atoms with E-state index < -0.39 is 0 Å². The molecule has 0 bridgehead atoms. The van der Waals surface area contributed by atoms with Crippen molar-refractivity contribution >= 4 is 0 Å². The van der Waals surface area contributed by atoms with Gasteiger partial charge in [-0.15, -0.1) is 0 Å². The van der Waals surface area contributed by atoms with E-state index in [1.54, 1.807) is 0 Å². The smallest absolute Gasteiger partial charge is 0.122 e. The first kappa shape index (κ1) is 16.4. The lowest BCUT2D eigenvalue weighted by molar-refractivity contribution is 0.0498. The number of nitrogens with two attached hydrogens (primary N) is 1. The van der Waals surface area contributed by atoms with Gasteiger partial charge in [-0.2, -0.15) is 0 Å². The Bertz CT molecular complexity index is 480. The van der Waals surface area contributed by atoms with Crippen molar-refractivity contribution in [2.24, 2.45) is 17.1 Å². The molecule has 0 saturated heterocycles. The lowest BCUT2D eigenvalue weighted by Gasteiger charge is -2.42. The number of hydrogen-bond donors (Lipinski definition) is 1. The highest BCUT2D eigenvalue weighted by atomic mass is 16.5. The van der Waals surface area contributed by atoms with Gasteiger partial charge >= 0.3 is 0 Å². The largest absolute Gasteiger partial charge is 0.489 e. The molecule has 2 heteroatoms. The van der Waals surface area contributed by atoms with Crippen LogP contribution in [0, 0.1) is 25.2 Å². The van der Waals surface area contributed by atoms with Crippen molar-refractivity contribution < 1.29 is 4.74 Å². The van der Waals surface area contributed by atoms with Gasteiger partial charge in [-0.3, -0.25) is 0 Å². The summed E-state index contributed by atoms with van der Waals surface area (Å²) in [6.45, 7) is 11.3. The summed E-state index contributed by atoms with van der Waals surface area (Å²) in [4.78, 5) is 0. The highest BCUT2D eigenvalue weighted by Crippen LogP contribution is 2.41. The summed E-state index contributed by atoms with van der Waals surface area (Å²) in [5.41, 5.74) is 9.16. The third-order valence-electron chi connectivity index (χ3n) is 5.48. The Balaban J connectivity index is 2.12. The summed E-state index contributed by atoms with van der Waals surface area (Å²) in [6.07, 6.45) is 4.74. The number of rotatable bonds is 4. The van der Waals surface area contributed by atoms with Crippen LogP contribution in [0.4, 0.5) is 0 Å². The van der Waals surface area contributed by atoms with Crippen LogP contribution in [0.15, 0.2) is 18.2 Å². The topological polar surface area (TPSA) is 35.2 Å². The molecule has 1 saturated carbocycles. The zero-order valence-corrected chi connectivity index (χ0v) is 14.3. The molecule has 1 fully saturated rings. The van der Waals surface area contributed by atoms with Gasteiger partial charge in [0.2, 0.25) is 0 Å². The fourth-order valence-electron chi connectivity index (χ4n) is 3.28. The van der Waals surface area contributed by atoms with E-state index in [2.05, 4.69) is 52.8 Å². The van der Waals surface area contributed by atoms with Crippen molar-refractivity contribution in [2.75, 3.05) is 0 Å². The first-order chi connectivity index (χ1) is 9.83. The van der Waals surface area contributed by atoms with Crippen molar-refractivity contribution in [1.82, 2.24) is 0 Å². The summed E-state index contributed by atoms with van der Waals surface area (Å²) in [6, 6.07) is 6.56. The Morgan fingerprint density at radius 3 is 2.62 bits per heavy atom. The molecular formula is C19H31NO. The molecule has 0 heterocycles. The second-order valence-corrected chi connectivity index (χ2v) is 7.44. The maximum absolute atomic E-state index is 6.34. The Kier molecular flexibility index (Phi) is 4.98. The van der Waals surface area contributed by atoms with E-state index in [9.17, 15) is 0 Å². The van der Waals surface area contributed by atoms with E-state index in [0.717, 1.165) is 18.6 Å². The molecular weight excluding hydrogens is 258 g/mol. The van der Waals surface area contributed by atoms with E-state index in [-0.39, 0.29) is 12.1 Å². The molecule has 2 nitrogen and oxygen atoms in total. The predicted octanol–water partition coefficient (Wildman–Crippen LogP) is 4.61. The highest BCUT2D eigenvalue weighted by Gasteiger charge is 2.37. The van der Waals surface area contributed by atoms with Crippen LogP contribution < -0.4 is 10.5 Å². The first-order valence-electron chi connectivity index (χ1n) is 8.33. The quantitative estimate of drug-likeness (QED) is 0.878. The Morgan fingerprint density at radius 1 is 1.24 bits per heavy atom. The molecule has 0 radical (unpaired) electrons. The maximum atomic E-state index is 6.34. The van der Waals surface area contributed by atoms with Crippen LogP contribution >= 0.6 is 0 Å². The molecule has 3 atom stereocenters. The monoisotopic (exact) mass is 289 g/mol. The minimum absolute atomic E-state index is 0.148. The average Bonchev–Trinajstić information content (AvgIpc) is 2.45. The standard InChI is InChI=1S/C19H31NO/c1-6-19(4,5)15-9-10-16(20)18(12-15)21-17-11-13(2)7-8-14(17)3/h7-8,11,15-16,18H,6,9-10,12,20H2,1-5H3. The van der Waals surface area contributed by atoms with Crippen molar-refractivity contribution in [3.63, 3.8) is 0 Å². The van der Waals surface area contributed by atoms with Gasteiger partial charge in [0, 0.05) is 6.04 Å². The molecule has 3 unspecified atom stereocenters. The highest BCUT2D eigenvalue weighted by molar-refractivity contribution is 5.36. The van der Waals surface area contributed by atoms with Crippen LogP contribution in [0.5, 0.6) is 5.75 Å². The normalized spacial score (nSPS) is 26.7. The third-order valence-corrected chi connectivity index (χ3v) is 5.48. The Hall–Kier alpha value is -1.02. The number of ether oxygens (including phenoxy) is 1. The van der Waals surface area contributed by atoms with Gasteiger partial charge in [0.15, 0.2) is 0 Å². The summed E-state index contributed by atoms with van der Waals surface area (Å²) >= 11 is 0. The first-order valence-corrected chi connectivity index (χ1v) is 8.33. The summed E-state index contributed by atoms with van der Waals surface area (Å²) in [5.74, 6) is 1.71. The SMILES string of the molecule is CCC(C)(C)C1CCC(N)C(Oc2cc(C)ccc2C)C1. The van der Waals surface area contributed by atoms with E-state index in [0.29, 0.717) is 11.3 Å². The molecule has 2 rings (SSSR count). The summed E-state index contributed by atoms with van der Waals surface area (Å²) in [5, 5.41) is 0. The lowest BCUT2D eigenvalue weighted by Crippen LogP contribution is -2.46. The second kappa shape index (κ2) is 6.39. The average molecular weight is 289 g/mol. The van der Waals surface area contributed by atoms with E-state index in [1.807, 2.05) is 0 Å². The molecule has 0 amide bonds. The van der Waals surface area contributed by atoms with Gasteiger partial charge in [0.25, 0.3) is 0 Å². The molecule has 0 spiro atoms. The fraction of sp³-hybridized carbons (Fsp3) is 0.684. The predicted molar refractivity (Wildman–Crippen MR) is 89.7 cm³/mol. The van der Waals surface area contributed by atoms with Crippen LogP contribution in [0.2, 0.25) is 0 Å². The Labute approximate surface area is 130 Å². The van der Waals surface area contributed by atoms with Gasteiger partial charge in [-0.05, 0) is 61.6 Å². The van der Waals surface area contributed by atoms with Crippen molar-refractivity contribution in [1.29, 1.82) is 0 Å². The molecule has 0 aliphatic heterocycles. The van der Waals surface area contributed by atoms with Gasteiger partial charge in [0.1, 0.15) is 11.9 Å². The maximum Gasteiger partial charge on any atom is 0.122 e. The van der Waals surface area contributed by atoms with Crippen LogP contribution in [0.3, 0.4) is 0 Å². The second-order valence-electron chi connectivity index (χ2n) is 7.44. The Morgan fingerprint density at radius 2 is 1.95 bits per heavy atom. The van der Waals surface area contributed by atoms with Crippen LogP contribution in [0.1, 0.15) is 57.6 Å². The van der Waals surface area contributed by atoms with Crippen LogP contribution in [0.25, 0.3) is 0 Å². The lowest BCUT2D eigenvalue weighted by atomic mass is 9.68. The minimum atomic E-state index is 0.148. The molecule has 2 N–H and O–H groups in total. The zero-order chi connectivity index (χ0) is 15.6. The fourth-order valence-corrected chi connectivity index (χ4v) is 3.28. The zero-order valence-electron chi connectivity index (χ0n) is 14.3. The summed E-state index contributed by atoms with van der Waals surface area (Å²) < 4.78 is 6.32. The molecule has 118 valence electrons. The van der Waals surface area contributed by atoms with Crippen LogP contribution in [-0.2, 0) is 0 Å². The molecule has 0 aromatic heterocycles.